The van der Waals surface area contributed by atoms with Crippen LogP contribution in [0.2, 0.25) is 0 Å². The first-order valence-electron chi connectivity index (χ1n) is 8.44. The second kappa shape index (κ2) is 10.4. The summed E-state index contributed by atoms with van der Waals surface area (Å²) >= 11 is 0. The Labute approximate surface area is 172 Å². The van der Waals surface area contributed by atoms with Gasteiger partial charge in [0.05, 0.1) is 19.1 Å². The summed E-state index contributed by atoms with van der Waals surface area (Å²) in [6.07, 6.45) is 3.18. The number of hydrogen-bond donors (Lipinski definition) is 0. The highest BCUT2D eigenvalue weighted by molar-refractivity contribution is 7.89. The lowest BCUT2D eigenvalue weighted by molar-refractivity contribution is -0.146. The summed E-state index contributed by atoms with van der Waals surface area (Å²) < 4.78 is 37.9. The fourth-order valence-electron chi connectivity index (χ4n) is 2.73. The Morgan fingerprint density at radius 3 is 2.25 bits per heavy atom. The Hall–Kier alpha value is -2.16. The molecular weight excluding hydrogens is 404 g/mol. The zero-order valence-electron chi connectivity index (χ0n) is 16.2. The molecule has 0 aliphatic heterocycles. The Kier molecular flexibility index (Phi) is 8.87. The topological polar surface area (TPSA) is 85.8 Å². The summed E-state index contributed by atoms with van der Waals surface area (Å²) in [7, 11) is -1.22. The second-order valence-electron chi connectivity index (χ2n) is 6.30. The molecule has 0 unspecified atom stereocenters. The van der Waals surface area contributed by atoms with Crippen LogP contribution in [0.4, 0.5) is 0 Å². The number of carbonyl (C=O) groups is 1. The normalized spacial score (nSPS) is 12.4. The van der Waals surface area contributed by atoms with Crippen LogP contribution in [0.5, 0.6) is 5.75 Å². The van der Waals surface area contributed by atoms with Crippen LogP contribution in [0.1, 0.15) is 19.4 Å². The van der Waals surface area contributed by atoms with Crippen molar-refractivity contribution < 1.29 is 22.7 Å². The first kappa shape index (κ1) is 23.9. The van der Waals surface area contributed by atoms with Gasteiger partial charge in [0, 0.05) is 18.9 Å². The van der Waals surface area contributed by atoms with Crippen LogP contribution in [-0.2, 0) is 26.1 Å². The number of ether oxygens (including phenoxy) is 2. The van der Waals surface area contributed by atoms with E-state index in [4.69, 9.17) is 9.47 Å². The van der Waals surface area contributed by atoms with Gasteiger partial charge in [0.25, 0.3) is 0 Å². The number of pyridine rings is 1. The number of rotatable bonds is 8. The van der Waals surface area contributed by atoms with Gasteiger partial charge < -0.3 is 9.47 Å². The molecule has 28 heavy (non-hydrogen) atoms. The molecule has 1 aromatic carbocycles. The monoisotopic (exact) mass is 428 g/mol. The lowest BCUT2D eigenvalue weighted by Crippen LogP contribution is -2.48. The molecule has 0 aliphatic rings. The van der Waals surface area contributed by atoms with Gasteiger partial charge in [0.1, 0.15) is 11.8 Å². The molecule has 0 fully saturated rings. The van der Waals surface area contributed by atoms with Crippen LogP contribution in [0.3, 0.4) is 0 Å². The SMILES string of the molecule is COC(=O)[C@@H](C(C)C)N(Cc1cccnc1)S(=O)(=O)c1ccc(OC)cc1.Cl. The molecule has 2 aromatic rings. The van der Waals surface area contributed by atoms with Gasteiger partial charge in [-0.1, -0.05) is 19.9 Å². The van der Waals surface area contributed by atoms with Crippen molar-refractivity contribution >= 4 is 28.4 Å². The van der Waals surface area contributed by atoms with Crippen LogP contribution >= 0.6 is 12.4 Å². The standard InChI is InChI=1S/C19H24N2O5S.ClH/c1-14(2)18(19(22)26-4)21(13-15-6-5-11-20-12-15)27(23,24)17-9-7-16(25-3)8-10-17;/h5-12,14,18H,13H2,1-4H3;1H/t18-;/m1./s1. The first-order chi connectivity index (χ1) is 12.8. The molecule has 0 aliphatic carbocycles. The van der Waals surface area contributed by atoms with Crippen LogP contribution in [0, 0.1) is 5.92 Å². The van der Waals surface area contributed by atoms with Crippen LogP contribution in [-0.4, -0.2) is 43.9 Å². The van der Waals surface area contributed by atoms with E-state index in [-0.39, 0.29) is 29.8 Å². The molecule has 1 atom stereocenters. The number of halogens is 1. The molecule has 7 nitrogen and oxygen atoms in total. The van der Waals surface area contributed by atoms with Gasteiger partial charge in [-0.3, -0.25) is 9.78 Å². The highest BCUT2D eigenvalue weighted by Crippen LogP contribution is 2.26. The molecule has 9 heteroatoms. The smallest absolute Gasteiger partial charge is 0.324 e. The largest absolute Gasteiger partial charge is 0.497 e. The summed E-state index contributed by atoms with van der Waals surface area (Å²) in [5.74, 6) is -0.353. The molecule has 1 aromatic heterocycles. The highest BCUT2D eigenvalue weighted by atomic mass is 35.5. The van der Waals surface area contributed by atoms with Crippen molar-refractivity contribution in [3.8, 4) is 5.75 Å². The zero-order chi connectivity index (χ0) is 20.0. The van der Waals surface area contributed by atoms with E-state index in [2.05, 4.69) is 4.98 Å². The molecular formula is C19H25ClN2O5S. The van der Waals surface area contributed by atoms with Gasteiger partial charge in [-0.05, 0) is 41.8 Å². The number of benzene rings is 1. The van der Waals surface area contributed by atoms with Crippen molar-refractivity contribution in [3.63, 3.8) is 0 Å². The summed E-state index contributed by atoms with van der Waals surface area (Å²) in [6.45, 7) is 3.56. The maximum Gasteiger partial charge on any atom is 0.324 e. The van der Waals surface area contributed by atoms with E-state index >= 15 is 0 Å². The average molecular weight is 429 g/mol. The van der Waals surface area contributed by atoms with Gasteiger partial charge in [-0.15, -0.1) is 12.4 Å². The predicted octanol–water partition coefficient (Wildman–Crippen LogP) is 2.90. The van der Waals surface area contributed by atoms with Gasteiger partial charge in [-0.2, -0.15) is 4.31 Å². The summed E-state index contributed by atoms with van der Waals surface area (Å²) in [5, 5.41) is 0. The van der Waals surface area contributed by atoms with Crippen molar-refractivity contribution in [2.45, 2.75) is 31.3 Å². The van der Waals surface area contributed by atoms with E-state index in [1.807, 2.05) is 0 Å². The van der Waals surface area contributed by atoms with Crippen molar-refractivity contribution in [2.75, 3.05) is 14.2 Å². The van der Waals surface area contributed by atoms with Crippen molar-refractivity contribution in [1.29, 1.82) is 0 Å². The number of sulfonamides is 1. The zero-order valence-corrected chi connectivity index (χ0v) is 17.9. The fourth-order valence-corrected chi connectivity index (χ4v) is 4.43. The second-order valence-corrected chi connectivity index (χ2v) is 8.19. The summed E-state index contributed by atoms with van der Waals surface area (Å²) in [5.41, 5.74) is 0.670. The predicted molar refractivity (Wildman–Crippen MR) is 108 cm³/mol. The Balaban J connectivity index is 0.00000392. The summed E-state index contributed by atoms with van der Waals surface area (Å²) in [6, 6.07) is 8.56. The third kappa shape index (κ3) is 5.43. The molecule has 0 spiro atoms. The molecule has 0 N–H and O–H groups in total. The number of aromatic nitrogens is 1. The lowest BCUT2D eigenvalue weighted by Gasteiger charge is -2.31. The number of carbonyl (C=O) groups excluding carboxylic acids is 1. The van der Waals surface area contributed by atoms with Crippen molar-refractivity contribution in [2.24, 2.45) is 5.92 Å². The minimum atomic E-state index is -3.97. The molecule has 154 valence electrons. The Morgan fingerprint density at radius 2 is 1.79 bits per heavy atom. The Bertz CT molecular complexity index is 858. The fraction of sp³-hybridized carbons (Fsp3) is 0.368. The van der Waals surface area contributed by atoms with E-state index in [9.17, 15) is 13.2 Å². The number of esters is 1. The maximum absolute atomic E-state index is 13.4. The van der Waals surface area contributed by atoms with E-state index < -0.39 is 22.0 Å². The number of methoxy groups -OCH3 is 2. The van der Waals surface area contributed by atoms with Crippen LogP contribution < -0.4 is 4.74 Å². The maximum atomic E-state index is 13.4. The number of hydrogen-bond acceptors (Lipinski definition) is 6. The third-order valence-corrected chi connectivity index (χ3v) is 5.95. The molecule has 0 bridgehead atoms. The van der Waals surface area contributed by atoms with E-state index in [0.29, 0.717) is 11.3 Å². The number of nitrogens with zero attached hydrogens (tertiary/aromatic N) is 2. The Morgan fingerprint density at radius 1 is 1.14 bits per heavy atom. The molecule has 0 radical (unpaired) electrons. The van der Waals surface area contributed by atoms with Gasteiger partial charge in [0.15, 0.2) is 0 Å². The molecule has 0 saturated heterocycles. The van der Waals surface area contributed by atoms with E-state index in [1.54, 1.807) is 50.5 Å². The first-order valence-corrected chi connectivity index (χ1v) is 9.88. The van der Waals surface area contributed by atoms with E-state index in [0.717, 1.165) is 0 Å². The molecule has 0 amide bonds. The van der Waals surface area contributed by atoms with E-state index in [1.165, 1.54) is 30.7 Å². The third-order valence-electron chi connectivity index (χ3n) is 4.11. The van der Waals surface area contributed by atoms with Crippen LogP contribution in [0.25, 0.3) is 0 Å². The minimum Gasteiger partial charge on any atom is -0.497 e. The molecule has 0 saturated carbocycles. The van der Waals surface area contributed by atoms with Crippen LogP contribution in [0.15, 0.2) is 53.7 Å². The van der Waals surface area contributed by atoms with Gasteiger partial charge in [-0.25, -0.2) is 8.42 Å². The molecule has 2 rings (SSSR count). The lowest BCUT2D eigenvalue weighted by atomic mass is 10.0. The van der Waals surface area contributed by atoms with Gasteiger partial charge >= 0.3 is 5.97 Å². The average Bonchev–Trinajstić information content (AvgIpc) is 2.67. The summed E-state index contributed by atoms with van der Waals surface area (Å²) in [4.78, 5) is 16.5. The quantitative estimate of drug-likeness (QED) is 0.601. The minimum absolute atomic E-state index is 0. The van der Waals surface area contributed by atoms with Gasteiger partial charge in [0.2, 0.25) is 10.0 Å². The molecule has 1 heterocycles. The van der Waals surface area contributed by atoms with Crippen molar-refractivity contribution in [3.05, 3.63) is 54.4 Å². The van der Waals surface area contributed by atoms with Crippen molar-refractivity contribution in [1.82, 2.24) is 9.29 Å². The highest BCUT2D eigenvalue weighted by Gasteiger charge is 2.38.